The van der Waals surface area contributed by atoms with Gasteiger partial charge in [0.05, 0.1) is 20.0 Å². The average molecular weight is 551 g/mol. The van der Waals surface area contributed by atoms with E-state index in [1.807, 2.05) is 0 Å². The molecular weight excluding hydrogens is 519 g/mol. The average Bonchev–Trinajstić information content (AvgIpc) is 3.41. The number of hydrogen-bond acceptors (Lipinski definition) is 12. The van der Waals surface area contributed by atoms with E-state index >= 15 is 0 Å². The molecule has 0 radical (unpaired) electrons. The molecule has 0 aliphatic carbocycles. The second-order valence-corrected chi connectivity index (χ2v) is 10.6. The first-order chi connectivity index (χ1) is 18.1. The highest BCUT2D eigenvalue weighted by Gasteiger charge is 2.54. The van der Waals surface area contributed by atoms with Crippen molar-refractivity contribution >= 4 is 31.1 Å². The number of carbonyl (C=O) groups is 1. The van der Waals surface area contributed by atoms with Crippen LogP contribution in [0.4, 0.5) is 5.82 Å². The summed E-state index contributed by atoms with van der Waals surface area (Å²) in [4.78, 5) is 27.3. The van der Waals surface area contributed by atoms with Gasteiger partial charge in [-0.2, -0.15) is 0 Å². The number of hydrogen-bond donors (Lipinski definition) is 3. The van der Waals surface area contributed by atoms with Gasteiger partial charge in [-0.05, 0) is 25.0 Å². The number of nitrogen functional groups attached to an aromatic ring is 1. The van der Waals surface area contributed by atoms with E-state index in [4.69, 9.17) is 29.0 Å². The molecule has 0 spiro atoms. The summed E-state index contributed by atoms with van der Waals surface area (Å²) in [6.07, 6.45) is -1.03. The smallest absolute Gasteiger partial charge is 0.327 e. The lowest BCUT2D eigenvalue weighted by atomic mass is 9.89. The Bertz CT molecular complexity index is 1290. The predicted octanol–water partition coefficient (Wildman–Crippen LogP) is 2.26. The predicted molar refractivity (Wildman–Crippen MR) is 135 cm³/mol. The molecule has 1 fully saturated rings. The molecule has 4 rings (SSSR count). The van der Waals surface area contributed by atoms with Crippen LogP contribution in [0.3, 0.4) is 0 Å². The highest BCUT2D eigenvalue weighted by Crippen LogP contribution is 2.45. The van der Waals surface area contributed by atoms with E-state index < -0.39 is 44.1 Å². The largest absolute Gasteiger partial charge is 0.468 e. The van der Waals surface area contributed by atoms with Gasteiger partial charge in [0.2, 0.25) is 0 Å². The summed E-state index contributed by atoms with van der Waals surface area (Å²) in [6.45, 7) is 4.50. The maximum Gasteiger partial charge on any atom is 0.327 e. The third-order valence-corrected chi connectivity index (χ3v) is 7.45. The Morgan fingerprint density at radius 2 is 2.00 bits per heavy atom. The van der Waals surface area contributed by atoms with Crippen molar-refractivity contribution in [3.05, 3.63) is 48.5 Å². The van der Waals surface area contributed by atoms with Crippen LogP contribution in [0.2, 0.25) is 0 Å². The second kappa shape index (κ2) is 11.4. The van der Waals surface area contributed by atoms with Gasteiger partial charge >= 0.3 is 5.97 Å². The maximum absolute atomic E-state index is 13.4. The Labute approximate surface area is 219 Å². The SMILES string of the molecule is COC(=O)C(C(C)C)N(Oc1ccccc1)[PH](=O)OCC1OC(c2coc3c(N)ncnc23)C(C)(O)C1O. The molecule has 1 saturated heterocycles. The zero-order chi connectivity index (χ0) is 27.6. The Hall–Kier alpha value is -3.06. The van der Waals surface area contributed by atoms with Crippen molar-refractivity contribution in [2.75, 3.05) is 19.5 Å². The summed E-state index contributed by atoms with van der Waals surface area (Å²) in [5, 5.41) is 22.0. The van der Waals surface area contributed by atoms with Crippen LogP contribution in [0.1, 0.15) is 32.4 Å². The molecule has 2 aromatic heterocycles. The quantitative estimate of drug-likeness (QED) is 0.190. The zero-order valence-corrected chi connectivity index (χ0v) is 22.3. The summed E-state index contributed by atoms with van der Waals surface area (Å²) in [5.74, 6) is -0.573. The minimum absolute atomic E-state index is 0.113. The van der Waals surface area contributed by atoms with Crippen LogP contribution in [0.15, 0.2) is 47.3 Å². The molecule has 0 bridgehead atoms. The molecule has 3 aromatic rings. The first-order valence-electron chi connectivity index (χ1n) is 11.9. The van der Waals surface area contributed by atoms with Gasteiger partial charge in [0.1, 0.15) is 41.5 Å². The fourth-order valence-corrected chi connectivity index (χ4v) is 5.53. The fraction of sp³-hybridized carbons (Fsp3) is 0.458. The number of aliphatic hydroxyl groups is 2. The third kappa shape index (κ3) is 5.39. The van der Waals surface area contributed by atoms with Gasteiger partial charge in [0, 0.05) is 5.56 Å². The topological polar surface area (TPSA) is 180 Å². The maximum atomic E-state index is 13.4. The number of esters is 1. The van der Waals surface area contributed by atoms with Gasteiger partial charge in [-0.25, -0.2) is 9.97 Å². The molecule has 1 aromatic carbocycles. The standard InChI is InChI=1S/C24H31N4O9P/c1-13(2)18(23(30)33-4)28(37-14-8-6-5-7-9-14)38(32)35-11-16-20(29)24(3,31)21(36-16)15-10-34-19-17(15)26-12-27-22(19)25/h5-10,12-13,16,18,20-21,29,31,38H,11H2,1-4H3,(H2,25,26,27). The minimum atomic E-state index is -3.25. The molecule has 3 heterocycles. The lowest BCUT2D eigenvalue weighted by Crippen LogP contribution is -2.44. The van der Waals surface area contributed by atoms with Crippen molar-refractivity contribution in [1.82, 2.24) is 14.8 Å². The molecule has 206 valence electrons. The summed E-state index contributed by atoms with van der Waals surface area (Å²) in [5.41, 5.74) is 4.95. The molecule has 1 aliphatic rings. The molecule has 6 unspecified atom stereocenters. The molecule has 0 amide bonds. The molecule has 14 heteroatoms. The molecule has 13 nitrogen and oxygen atoms in total. The van der Waals surface area contributed by atoms with Crippen LogP contribution >= 0.6 is 8.18 Å². The molecular formula is C24H31N4O9P. The van der Waals surface area contributed by atoms with Gasteiger partial charge in [-0.3, -0.25) is 9.36 Å². The number of aliphatic hydroxyl groups excluding tert-OH is 1. The normalized spacial score (nSPS) is 25.1. The van der Waals surface area contributed by atoms with Crippen LogP contribution < -0.4 is 10.6 Å². The minimum Gasteiger partial charge on any atom is -0.468 e. The lowest BCUT2D eigenvalue weighted by molar-refractivity contribution is -0.156. The Kier molecular flexibility index (Phi) is 8.36. The zero-order valence-electron chi connectivity index (χ0n) is 21.3. The van der Waals surface area contributed by atoms with E-state index in [1.54, 1.807) is 44.2 Å². The third-order valence-electron chi connectivity index (χ3n) is 6.31. The van der Waals surface area contributed by atoms with Crippen LogP contribution in [0, 0.1) is 5.92 Å². The molecule has 4 N–H and O–H groups in total. The molecule has 1 aliphatic heterocycles. The number of nitrogens with two attached hydrogens (primary N) is 1. The van der Waals surface area contributed by atoms with Crippen LogP contribution in [0.25, 0.3) is 11.1 Å². The monoisotopic (exact) mass is 550 g/mol. The Morgan fingerprint density at radius 3 is 2.66 bits per heavy atom. The lowest BCUT2D eigenvalue weighted by Gasteiger charge is -2.30. The highest BCUT2D eigenvalue weighted by molar-refractivity contribution is 7.36. The number of furan rings is 1. The molecule has 0 saturated carbocycles. The van der Waals surface area contributed by atoms with Crippen LogP contribution in [0.5, 0.6) is 5.75 Å². The summed E-state index contributed by atoms with van der Waals surface area (Å²) >= 11 is 0. The number of aromatic nitrogens is 2. The first kappa shape index (κ1) is 28.0. The van der Waals surface area contributed by atoms with Crippen molar-refractivity contribution in [2.45, 2.75) is 50.7 Å². The highest BCUT2D eigenvalue weighted by atomic mass is 31.1. The van der Waals surface area contributed by atoms with E-state index in [0.717, 1.165) is 4.83 Å². The van der Waals surface area contributed by atoms with E-state index in [1.165, 1.54) is 26.6 Å². The Morgan fingerprint density at radius 1 is 1.29 bits per heavy atom. The number of anilines is 1. The number of nitrogens with zero attached hydrogens (tertiary/aromatic N) is 3. The van der Waals surface area contributed by atoms with E-state index in [0.29, 0.717) is 16.8 Å². The summed E-state index contributed by atoms with van der Waals surface area (Å²) in [6, 6.07) is 7.43. The molecule has 6 atom stereocenters. The number of carbonyl (C=O) groups excluding carboxylic acids is 1. The van der Waals surface area contributed by atoms with Crippen LogP contribution in [-0.4, -0.2) is 68.6 Å². The van der Waals surface area contributed by atoms with E-state index in [2.05, 4.69) is 9.97 Å². The number of methoxy groups -OCH3 is 1. The van der Waals surface area contributed by atoms with Crippen molar-refractivity contribution in [3.63, 3.8) is 0 Å². The van der Waals surface area contributed by atoms with Crippen molar-refractivity contribution in [1.29, 1.82) is 0 Å². The van der Waals surface area contributed by atoms with Crippen LogP contribution in [-0.2, 0) is 23.4 Å². The first-order valence-corrected chi connectivity index (χ1v) is 13.1. The Balaban J connectivity index is 1.53. The number of benzene rings is 1. The summed E-state index contributed by atoms with van der Waals surface area (Å²) < 4.78 is 35.3. The summed E-state index contributed by atoms with van der Waals surface area (Å²) in [7, 11) is -2.03. The number of rotatable bonds is 10. The number of ether oxygens (including phenoxy) is 2. The number of hydroxylamine groups is 1. The number of fused-ring (bicyclic) bond motifs is 1. The van der Waals surface area contributed by atoms with Gasteiger partial charge in [0.25, 0.3) is 8.18 Å². The fourth-order valence-electron chi connectivity index (χ4n) is 4.29. The van der Waals surface area contributed by atoms with E-state index in [9.17, 15) is 19.6 Å². The van der Waals surface area contributed by atoms with Crippen molar-refractivity contribution < 1.29 is 42.8 Å². The van der Waals surface area contributed by atoms with Crippen molar-refractivity contribution in [2.24, 2.45) is 5.92 Å². The van der Waals surface area contributed by atoms with E-state index in [-0.39, 0.29) is 23.9 Å². The molecule has 38 heavy (non-hydrogen) atoms. The second-order valence-electron chi connectivity index (χ2n) is 9.37. The van der Waals surface area contributed by atoms with Gasteiger partial charge in [-0.15, -0.1) is 0 Å². The van der Waals surface area contributed by atoms with Gasteiger partial charge in [-0.1, -0.05) is 36.9 Å². The van der Waals surface area contributed by atoms with Gasteiger partial charge in [0.15, 0.2) is 17.4 Å². The van der Waals surface area contributed by atoms with Gasteiger partial charge < -0.3 is 39.2 Å². The number of para-hydroxylation sites is 1. The van der Waals surface area contributed by atoms with Crippen molar-refractivity contribution in [3.8, 4) is 5.75 Å².